The Labute approximate surface area is 149 Å². The average molecular weight is 362 g/mol. The Morgan fingerprint density at radius 3 is 2.38 bits per heavy atom. The van der Waals surface area contributed by atoms with E-state index >= 15 is 0 Å². The Morgan fingerprint density at radius 1 is 1.15 bits per heavy atom. The number of hydrogen-bond acceptors (Lipinski definition) is 6. The lowest BCUT2D eigenvalue weighted by Gasteiger charge is -2.18. The Hall–Kier alpha value is -3.09. The summed E-state index contributed by atoms with van der Waals surface area (Å²) in [5.41, 5.74) is -0.118. The third-order valence-electron chi connectivity index (χ3n) is 4.04. The molecule has 0 saturated heterocycles. The van der Waals surface area contributed by atoms with Gasteiger partial charge in [-0.1, -0.05) is 6.92 Å². The smallest absolute Gasteiger partial charge is 0.313 e. The van der Waals surface area contributed by atoms with E-state index in [9.17, 15) is 24.2 Å². The first-order valence-corrected chi connectivity index (χ1v) is 7.85. The van der Waals surface area contributed by atoms with Gasteiger partial charge in [-0.25, -0.2) is 4.39 Å². The zero-order valence-corrected chi connectivity index (χ0v) is 14.6. The number of hydrogen-bond donors (Lipinski definition) is 2. The summed E-state index contributed by atoms with van der Waals surface area (Å²) in [5, 5.41) is 20.0. The minimum atomic E-state index is -0.875. The van der Waals surface area contributed by atoms with Gasteiger partial charge < -0.3 is 19.7 Å². The number of esters is 1. The van der Waals surface area contributed by atoms with Gasteiger partial charge in [0.05, 0.1) is 25.7 Å². The molecule has 0 saturated carbocycles. The molecule has 0 aliphatic carbocycles. The molecule has 0 heterocycles. The second kappa shape index (κ2) is 7.86. The van der Waals surface area contributed by atoms with Gasteiger partial charge in [-0.3, -0.25) is 9.59 Å². The summed E-state index contributed by atoms with van der Waals surface area (Å²) in [6, 6.07) is 5.83. The van der Waals surface area contributed by atoms with Crippen molar-refractivity contribution in [2.75, 3.05) is 14.2 Å². The van der Waals surface area contributed by atoms with E-state index in [4.69, 9.17) is 9.47 Å². The molecule has 26 heavy (non-hydrogen) atoms. The van der Waals surface area contributed by atoms with Crippen LogP contribution in [0, 0.1) is 5.82 Å². The van der Waals surface area contributed by atoms with Gasteiger partial charge in [-0.05, 0) is 36.2 Å². The van der Waals surface area contributed by atoms with Crippen molar-refractivity contribution >= 4 is 11.8 Å². The van der Waals surface area contributed by atoms with Crippen LogP contribution in [0.15, 0.2) is 30.3 Å². The molecule has 2 aromatic carbocycles. The lowest BCUT2D eigenvalue weighted by molar-refractivity contribution is -0.142. The molecule has 1 unspecified atom stereocenters. The second-order valence-electron chi connectivity index (χ2n) is 5.59. The normalized spacial score (nSPS) is 11.7. The maximum atomic E-state index is 13.9. The second-order valence-corrected chi connectivity index (χ2v) is 5.59. The van der Waals surface area contributed by atoms with Gasteiger partial charge in [0.15, 0.2) is 17.3 Å². The minimum absolute atomic E-state index is 0.0299. The molecule has 7 heteroatoms. The molecular weight excluding hydrogens is 343 g/mol. The van der Waals surface area contributed by atoms with Crippen LogP contribution < -0.4 is 4.74 Å². The molecule has 1 atom stereocenters. The molecule has 0 bridgehead atoms. The van der Waals surface area contributed by atoms with Crippen LogP contribution in [0.1, 0.15) is 40.7 Å². The summed E-state index contributed by atoms with van der Waals surface area (Å²) in [5.74, 6) is -3.77. The number of carbonyl (C=O) groups excluding carboxylic acids is 2. The highest BCUT2D eigenvalue weighted by Gasteiger charge is 2.29. The number of phenols is 2. The van der Waals surface area contributed by atoms with E-state index in [0.717, 1.165) is 12.1 Å². The van der Waals surface area contributed by atoms with Crippen LogP contribution in [0.25, 0.3) is 0 Å². The van der Waals surface area contributed by atoms with Gasteiger partial charge in [-0.15, -0.1) is 0 Å². The van der Waals surface area contributed by atoms with Crippen LogP contribution in [-0.2, 0) is 9.53 Å². The monoisotopic (exact) mass is 362 g/mol. The number of halogens is 1. The summed E-state index contributed by atoms with van der Waals surface area (Å²) >= 11 is 0. The Balaban J connectivity index is 2.63. The molecule has 0 amide bonds. The van der Waals surface area contributed by atoms with Gasteiger partial charge in [0.1, 0.15) is 11.5 Å². The molecule has 2 rings (SSSR count). The van der Waals surface area contributed by atoms with Crippen molar-refractivity contribution in [2.45, 2.75) is 19.3 Å². The van der Waals surface area contributed by atoms with E-state index in [1.807, 2.05) is 0 Å². The number of methoxy groups -OCH3 is 2. The summed E-state index contributed by atoms with van der Waals surface area (Å²) in [6.07, 6.45) is 0.271. The third kappa shape index (κ3) is 3.61. The summed E-state index contributed by atoms with van der Waals surface area (Å²) < 4.78 is 23.5. The maximum Gasteiger partial charge on any atom is 0.313 e. The van der Waals surface area contributed by atoms with Crippen molar-refractivity contribution in [3.05, 3.63) is 52.8 Å². The van der Waals surface area contributed by atoms with Crippen molar-refractivity contribution in [2.24, 2.45) is 0 Å². The van der Waals surface area contributed by atoms with E-state index in [-0.39, 0.29) is 34.6 Å². The van der Waals surface area contributed by atoms with Gasteiger partial charge in [0.2, 0.25) is 0 Å². The molecule has 0 aromatic heterocycles. The van der Waals surface area contributed by atoms with E-state index < -0.39 is 29.2 Å². The summed E-state index contributed by atoms with van der Waals surface area (Å²) in [6.45, 7) is 1.70. The van der Waals surface area contributed by atoms with Crippen molar-refractivity contribution in [3.8, 4) is 17.2 Å². The van der Waals surface area contributed by atoms with Crippen molar-refractivity contribution in [3.63, 3.8) is 0 Å². The molecule has 6 nitrogen and oxygen atoms in total. The predicted molar refractivity (Wildman–Crippen MR) is 91.2 cm³/mol. The summed E-state index contributed by atoms with van der Waals surface area (Å²) in [4.78, 5) is 24.9. The minimum Gasteiger partial charge on any atom is -0.508 e. The molecule has 2 aromatic rings. The molecule has 2 N–H and O–H groups in total. The first kappa shape index (κ1) is 19.2. The number of benzene rings is 2. The Kier molecular flexibility index (Phi) is 5.82. The molecule has 0 spiro atoms. The van der Waals surface area contributed by atoms with Crippen LogP contribution in [-0.4, -0.2) is 36.2 Å². The fourth-order valence-corrected chi connectivity index (χ4v) is 2.76. The molecule has 138 valence electrons. The predicted octanol–water partition coefficient (Wildman–Crippen LogP) is 3.14. The van der Waals surface area contributed by atoms with Gasteiger partial charge in [-0.2, -0.15) is 0 Å². The molecule has 0 radical (unpaired) electrons. The number of rotatable bonds is 6. The number of aromatic hydroxyl groups is 2. The standard InChI is InChI=1S/C19H19FO6/c1-4-12(19(24)26-3)13-8-11(21)9-15(22)17(13)18(23)10-5-6-16(25-2)14(20)7-10/h5-9,12,21-22H,4H2,1-3H3. The lowest BCUT2D eigenvalue weighted by atomic mass is 9.87. The fraction of sp³-hybridized carbons (Fsp3) is 0.263. The molecule has 0 fully saturated rings. The first-order valence-electron chi connectivity index (χ1n) is 7.85. The SMILES string of the molecule is CCC(C(=O)OC)c1cc(O)cc(O)c1C(=O)c1ccc(OC)c(F)c1. The Morgan fingerprint density at radius 2 is 1.85 bits per heavy atom. The third-order valence-corrected chi connectivity index (χ3v) is 4.04. The number of ether oxygens (including phenoxy) is 2. The van der Waals surface area contributed by atoms with Crippen molar-refractivity contribution < 1.29 is 33.7 Å². The highest BCUT2D eigenvalue weighted by molar-refractivity contribution is 6.12. The zero-order chi connectivity index (χ0) is 19.4. The molecule has 0 aliphatic rings. The fourth-order valence-electron chi connectivity index (χ4n) is 2.76. The maximum absolute atomic E-state index is 13.9. The largest absolute Gasteiger partial charge is 0.508 e. The van der Waals surface area contributed by atoms with Gasteiger partial charge in [0, 0.05) is 11.6 Å². The Bertz CT molecular complexity index is 846. The average Bonchev–Trinajstić information content (AvgIpc) is 2.61. The highest BCUT2D eigenvalue weighted by atomic mass is 19.1. The molecule has 0 aliphatic heterocycles. The van der Waals surface area contributed by atoms with E-state index in [2.05, 4.69) is 0 Å². The first-order chi connectivity index (χ1) is 12.3. The van der Waals surface area contributed by atoms with Gasteiger partial charge in [0.25, 0.3) is 0 Å². The number of carbonyl (C=O) groups is 2. The van der Waals surface area contributed by atoms with Crippen molar-refractivity contribution in [1.29, 1.82) is 0 Å². The van der Waals surface area contributed by atoms with Crippen molar-refractivity contribution in [1.82, 2.24) is 0 Å². The summed E-state index contributed by atoms with van der Waals surface area (Å²) in [7, 11) is 2.50. The molecular formula is C19H19FO6. The van der Waals surface area contributed by atoms with Crippen LogP contribution in [0.2, 0.25) is 0 Å². The quantitative estimate of drug-likeness (QED) is 0.606. The number of ketones is 1. The number of phenolic OH excluding ortho intramolecular Hbond substituents is 2. The lowest BCUT2D eigenvalue weighted by Crippen LogP contribution is -2.17. The van der Waals surface area contributed by atoms with Crippen LogP contribution in [0.5, 0.6) is 17.2 Å². The van der Waals surface area contributed by atoms with Crippen LogP contribution >= 0.6 is 0 Å². The van der Waals surface area contributed by atoms with Crippen LogP contribution in [0.3, 0.4) is 0 Å². The van der Waals surface area contributed by atoms with E-state index in [1.165, 1.54) is 32.4 Å². The van der Waals surface area contributed by atoms with Crippen LogP contribution in [0.4, 0.5) is 4.39 Å². The van der Waals surface area contributed by atoms with E-state index in [0.29, 0.717) is 0 Å². The zero-order valence-electron chi connectivity index (χ0n) is 14.6. The highest BCUT2D eigenvalue weighted by Crippen LogP contribution is 2.36. The van der Waals surface area contributed by atoms with Gasteiger partial charge >= 0.3 is 5.97 Å². The van der Waals surface area contributed by atoms with E-state index in [1.54, 1.807) is 6.92 Å². The topological polar surface area (TPSA) is 93.1 Å².